The minimum atomic E-state index is -4.11. The van der Waals surface area contributed by atoms with Crippen LogP contribution in [0, 0.1) is 5.92 Å². The lowest BCUT2D eigenvalue weighted by Crippen LogP contribution is -2.28. The molecular weight excluding hydrogens is 379 g/mol. The molecule has 2 aromatic rings. The van der Waals surface area contributed by atoms with Crippen molar-refractivity contribution in [1.29, 1.82) is 0 Å². The average Bonchev–Trinajstić information content (AvgIpc) is 2.97. The van der Waals surface area contributed by atoms with Gasteiger partial charge in [0.1, 0.15) is 11.6 Å². The van der Waals surface area contributed by atoms with E-state index in [2.05, 4.69) is 10.2 Å². The predicted octanol–water partition coefficient (Wildman–Crippen LogP) is 4.87. The molecule has 27 heavy (non-hydrogen) atoms. The zero-order valence-electron chi connectivity index (χ0n) is 15.0. The van der Waals surface area contributed by atoms with E-state index in [0.717, 1.165) is 22.9 Å². The summed E-state index contributed by atoms with van der Waals surface area (Å²) in [5.41, 5.74) is 1.99. The zero-order chi connectivity index (χ0) is 19.2. The first kappa shape index (κ1) is 18.7. The third-order valence-electron chi connectivity index (χ3n) is 5.78. The molecule has 1 aromatic carbocycles. The van der Waals surface area contributed by atoms with Gasteiger partial charge >= 0.3 is 6.18 Å². The lowest BCUT2D eigenvalue weighted by atomic mass is 9.81. The van der Waals surface area contributed by atoms with Crippen LogP contribution in [0.1, 0.15) is 48.8 Å². The summed E-state index contributed by atoms with van der Waals surface area (Å²) in [6.07, 6.45) is -1.61. The third kappa shape index (κ3) is 3.59. The highest BCUT2D eigenvalue weighted by Crippen LogP contribution is 2.43. The Morgan fingerprint density at radius 3 is 2.52 bits per heavy atom. The number of methoxy groups -OCH3 is 1. The molecule has 0 unspecified atom stereocenters. The Bertz CT molecular complexity index is 828. The van der Waals surface area contributed by atoms with Gasteiger partial charge < -0.3 is 4.74 Å². The van der Waals surface area contributed by atoms with Crippen molar-refractivity contribution in [1.82, 2.24) is 14.8 Å². The van der Waals surface area contributed by atoms with Gasteiger partial charge in [-0.2, -0.15) is 13.2 Å². The summed E-state index contributed by atoms with van der Waals surface area (Å²) in [6.45, 7) is 0. The van der Waals surface area contributed by atoms with Crippen molar-refractivity contribution < 1.29 is 17.9 Å². The molecule has 0 bridgehead atoms. The molecule has 146 valence electrons. The molecule has 1 fully saturated rings. The minimum Gasteiger partial charge on any atom is -0.381 e. The van der Waals surface area contributed by atoms with Gasteiger partial charge in [0.15, 0.2) is 0 Å². The lowest BCUT2D eigenvalue weighted by molar-refractivity contribution is -0.182. The molecule has 1 aliphatic carbocycles. The van der Waals surface area contributed by atoms with E-state index >= 15 is 0 Å². The van der Waals surface area contributed by atoms with Crippen molar-refractivity contribution >= 4 is 11.6 Å². The highest BCUT2D eigenvalue weighted by molar-refractivity contribution is 6.30. The zero-order valence-corrected chi connectivity index (χ0v) is 15.7. The van der Waals surface area contributed by atoms with Crippen LogP contribution >= 0.6 is 11.6 Å². The monoisotopic (exact) mass is 399 g/mol. The maximum absolute atomic E-state index is 13.0. The van der Waals surface area contributed by atoms with E-state index in [1.807, 2.05) is 22.8 Å². The molecule has 2 aliphatic rings. The second kappa shape index (κ2) is 7.09. The van der Waals surface area contributed by atoms with E-state index in [9.17, 15) is 13.2 Å². The Balaban J connectivity index is 1.69. The fourth-order valence-corrected chi connectivity index (χ4v) is 4.49. The van der Waals surface area contributed by atoms with Crippen LogP contribution < -0.4 is 0 Å². The second-order valence-corrected chi connectivity index (χ2v) is 7.88. The number of hydrogen-bond donors (Lipinski definition) is 0. The van der Waals surface area contributed by atoms with Crippen LogP contribution in [-0.4, -0.2) is 34.2 Å². The first-order valence-electron chi connectivity index (χ1n) is 9.19. The van der Waals surface area contributed by atoms with E-state index in [1.165, 1.54) is 0 Å². The van der Waals surface area contributed by atoms with Gasteiger partial charge in [0, 0.05) is 30.9 Å². The molecule has 0 spiro atoms. The van der Waals surface area contributed by atoms with Crippen LogP contribution in [0.2, 0.25) is 5.02 Å². The number of benzene rings is 1. The quantitative estimate of drug-likeness (QED) is 0.723. The van der Waals surface area contributed by atoms with E-state index in [4.69, 9.17) is 16.3 Å². The molecule has 1 aromatic heterocycles. The third-order valence-corrected chi connectivity index (χ3v) is 6.02. The molecular formula is C19H21ClF3N3O. The Hall–Kier alpha value is -1.60. The first-order valence-corrected chi connectivity index (χ1v) is 9.57. The van der Waals surface area contributed by atoms with Crippen LogP contribution in [0.4, 0.5) is 13.2 Å². The van der Waals surface area contributed by atoms with Gasteiger partial charge in [-0.1, -0.05) is 11.6 Å². The largest absolute Gasteiger partial charge is 0.391 e. The smallest absolute Gasteiger partial charge is 0.381 e. The molecule has 8 heteroatoms. The fourth-order valence-electron chi connectivity index (χ4n) is 4.29. The van der Waals surface area contributed by atoms with Crippen molar-refractivity contribution in [2.45, 2.75) is 56.7 Å². The molecule has 0 saturated heterocycles. The minimum absolute atomic E-state index is 0.0209. The van der Waals surface area contributed by atoms with E-state index in [-0.39, 0.29) is 24.9 Å². The Morgan fingerprint density at radius 2 is 1.85 bits per heavy atom. The Kier molecular flexibility index (Phi) is 4.93. The SMILES string of the molecule is CO[C@@H]1Cc2cc(Cl)ccc2-n2c(nnc2[C@H]2CC[C@H](C(F)(F)F)CC2)C1. The molecule has 0 radical (unpaired) electrons. The number of halogens is 4. The van der Waals surface area contributed by atoms with Crippen LogP contribution in [0.5, 0.6) is 0 Å². The number of rotatable bonds is 2. The molecule has 1 saturated carbocycles. The summed E-state index contributed by atoms with van der Waals surface area (Å²) in [7, 11) is 1.67. The normalized spacial score (nSPS) is 25.6. The van der Waals surface area contributed by atoms with E-state index < -0.39 is 12.1 Å². The van der Waals surface area contributed by atoms with Gasteiger partial charge in [-0.05, 0) is 49.4 Å². The number of fused-ring (bicyclic) bond motifs is 3. The van der Waals surface area contributed by atoms with Gasteiger partial charge in [-0.15, -0.1) is 10.2 Å². The van der Waals surface area contributed by atoms with Gasteiger partial charge in [-0.3, -0.25) is 4.57 Å². The number of alkyl halides is 3. The molecule has 0 amide bonds. The Labute approximate surface area is 160 Å². The summed E-state index contributed by atoms with van der Waals surface area (Å²) in [5.74, 6) is 0.318. The predicted molar refractivity (Wildman–Crippen MR) is 95.3 cm³/mol. The summed E-state index contributed by atoms with van der Waals surface area (Å²) in [4.78, 5) is 0. The first-order chi connectivity index (χ1) is 12.9. The molecule has 1 aliphatic heterocycles. The summed E-state index contributed by atoms with van der Waals surface area (Å²) in [6, 6.07) is 5.68. The molecule has 0 N–H and O–H groups in total. The van der Waals surface area contributed by atoms with Crippen molar-refractivity contribution in [3.05, 3.63) is 40.4 Å². The van der Waals surface area contributed by atoms with Crippen LogP contribution in [0.25, 0.3) is 5.69 Å². The molecule has 2 heterocycles. The number of aromatic nitrogens is 3. The van der Waals surface area contributed by atoms with Gasteiger partial charge in [0.25, 0.3) is 0 Å². The highest BCUT2D eigenvalue weighted by atomic mass is 35.5. The maximum atomic E-state index is 13.0. The van der Waals surface area contributed by atoms with Crippen LogP contribution in [0.3, 0.4) is 0 Å². The van der Waals surface area contributed by atoms with E-state index in [1.54, 1.807) is 7.11 Å². The van der Waals surface area contributed by atoms with Crippen molar-refractivity contribution in [2.75, 3.05) is 7.11 Å². The number of hydrogen-bond acceptors (Lipinski definition) is 3. The fraction of sp³-hybridized carbons (Fsp3) is 0.579. The van der Waals surface area contributed by atoms with Crippen molar-refractivity contribution in [3.8, 4) is 5.69 Å². The van der Waals surface area contributed by atoms with Gasteiger partial charge in [-0.25, -0.2) is 0 Å². The second-order valence-electron chi connectivity index (χ2n) is 7.44. The molecule has 1 atom stereocenters. The van der Waals surface area contributed by atoms with Crippen molar-refractivity contribution in [3.63, 3.8) is 0 Å². The number of nitrogens with zero attached hydrogens (tertiary/aromatic N) is 3. The lowest BCUT2D eigenvalue weighted by Gasteiger charge is -2.29. The highest BCUT2D eigenvalue weighted by Gasteiger charge is 2.42. The van der Waals surface area contributed by atoms with Gasteiger partial charge in [0.2, 0.25) is 0 Å². The summed E-state index contributed by atoms with van der Waals surface area (Å²) >= 11 is 6.18. The topological polar surface area (TPSA) is 39.9 Å². The number of ether oxygens (including phenoxy) is 1. The molecule has 4 rings (SSSR count). The molecule has 4 nitrogen and oxygen atoms in total. The van der Waals surface area contributed by atoms with Gasteiger partial charge in [0.05, 0.1) is 17.7 Å². The van der Waals surface area contributed by atoms with Crippen LogP contribution in [0.15, 0.2) is 18.2 Å². The standard InChI is InChI=1S/C19H21ClF3N3O/c1-27-15-9-12-8-14(20)6-7-16(12)26-17(10-15)24-25-18(26)11-2-4-13(5-3-11)19(21,22)23/h6-8,11,13,15H,2-5,9-10H2,1H3/t11-,13-,15-/m1/s1. The summed E-state index contributed by atoms with van der Waals surface area (Å²) < 4.78 is 46.6. The van der Waals surface area contributed by atoms with E-state index in [0.29, 0.717) is 30.7 Å². The average molecular weight is 400 g/mol. The van der Waals surface area contributed by atoms with Crippen LogP contribution in [-0.2, 0) is 17.6 Å². The summed E-state index contributed by atoms with van der Waals surface area (Å²) in [5, 5.41) is 9.39. The Morgan fingerprint density at radius 1 is 1.11 bits per heavy atom. The maximum Gasteiger partial charge on any atom is 0.391 e. The van der Waals surface area contributed by atoms with Crippen molar-refractivity contribution in [2.24, 2.45) is 5.92 Å².